The molecular formula is C15H24N2O5. The molecule has 1 N–H and O–H groups in total. The number of carboxylic acids is 1. The predicted octanol–water partition coefficient (Wildman–Crippen LogP) is 0.0505. The van der Waals surface area contributed by atoms with Gasteiger partial charge in [-0.2, -0.15) is 0 Å². The first-order chi connectivity index (χ1) is 10.4. The Labute approximate surface area is 130 Å². The number of ether oxygens (including phenoxy) is 1. The fraction of sp³-hybridized carbons (Fsp3) is 0.800. The number of hydrogen-bond acceptors (Lipinski definition) is 4. The fourth-order valence-corrected chi connectivity index (χ4v) is 3.32. The zero-order chi connectivity index (χ0) is 16.3. The number of carbonyl (C=O) groups excluding carboxylic acids is 2. The van der Waals surface area contributed by atoms with Crippen molar-refractivity contribution < 1.29 is 24.2 Å². The Hall–Kier alpha value is -1.63. The van der Waals surface area contributed by atoms with Gasteiger partial charge in [-0.15, -0.1) is 0 Å². The fourth-order valence-electron chi connectivity index (χ4n) is 3.32. The summed E-state index contributed by atoms with van der Waals surface area (Å²) in [6.45, 7) is 4.14. The van der Waals surface area contributed by atoms with Crippen LogP contribution in [0.1, 0.15) is 19.8 Å². The Morgan fingerprint density at radius 3 is 2.64 bits per heavy atom. The zero-order valence-electron chi connectivity index (χ0n) is 13.2. The molecule has 2 saturated heterocycles. The van der Waals surface area contributed by atoms with Gasteiger partial charge >= 0.3 is 5.97 Å². The van der Waals surface area contributed by atoms with Crippen LogP contribution in [-0.2, 0) is 19.1 Å². The molecule has 0 saturated carbocycles. The Bertz CT molecular complexity index is 453. The SMILES string of the molecule is COCCN1CC(C(=O)N2CC(C)CC(C(=O)O)C2)CC1=O. The minimum atomic E-state index is -0.853. The van der Waals surface area contributed by atoms with E-state index in [-0.39, 0.29) is 36.6 Å². The molecule has 2 aliphatic rings. The average Bonchev–Trinajstić information content (AvgIpc) is 2.84. The molecule has 3 unspecified atom stereocenters. The molecule has 0 aliphatic carbocycles. The summed E-state index contributed by atoms with van der Waals surface area (Å²) >= 11 is 0. The van der Waals surface area contributed by atoms with Crippen LogP contribution in [0.25, 0.3) is 0 Å². The van der Waals surface area contributed by atoms with Crippen LogP contribution in [0.15, 0.2) is 0 Å². The second kappa shape index (κ2) is 7.09. The first-order valence-electron chi connectivity index (χ1n) is 7.70. The van der Waals surface area contributed by atoms with Gasteiger partial charge in [0.2, 0.25) is 11.8 Å². The topological polar surface area (TPSA) is 87.2 Å². The summed E-state index contributed by atoms with van der Waals surface area (Å²) < 4.78 is 4.96. The number of carbonyl (C=O) groups is 3. The summed E-state index contributed by atoms with van der Waals surface area (Å²) in [7, 11) is 1.57. The van der Waals surface area contributed by atoms with Crippen molar-refractivity contribution in [3.63, 3.8) is 0 Å². The van der Waals surface area contributed by atoms with E-state index in [1.54, 1.807) is 16.9 Å². The van der Waals surface area contributed by atoms with Gasteiger partial charge in [-0.1, -0.05) is 6.92 Å². The lowest BCUT2D eigenvalue weighted by Crippen LogP contribution is -2.48. The van der Waals surface area contributed by atoms with E-state index in [0.717, 1.165) is 0 Å². The second-order valence-electron chi connectivity index (χ2n) is 6.35. The third-order valence-electron chi connectivity index (χ3n) is 4.45. The average molecular weight is 312 g/mol. The highest BCUT2D eigenvalue weighted by Gasteiger charge is 2.39. The number of rotatable bonds is 5. The summed E-state index contributed by atoms with van der Waals surface area (Å²) in [5.41, 5.74) is 0. The zero-order valence-corrected chi connectivity index (χ0v) is 13.2. The van der Waals surface area contributed by atoms with Crippen LogP contribution in [0.4, 0.5) is 0 Å². The lowest BCUT2D eigenvalue weighted by molar-refractivity contribution is -0.148. The standard InChI is InChI=1S/C15H24N2O5/c1-10-5-12(15(20)21)9-17(7-10)14(19)11-6-13(18)16(8-11)3-4-22-2/h10-12H,3-9H2,1-2H3,(H,20,21). The van der Waals surface area contributed by atoms with Gasteiger partial charge in [-0.3, -0.25) is 14.4 Å². The first kappa shape index (κ1) is 16.7. The number of aliphatic carboxylic acids is 1. The predicted molar refractivity (Wildman–Crippen MR) is 78.0 cm³/mol. The Balaban J connectivity index is 1.96. The van der Waals surface area contributed by atoms with Crippen LogP contribution in [0.3, 0.4) is 0 Å². The molecular weight excluding hydrogens is 288 g/mol. The molecule has 2 heterocycles. The van der Waals surface area contributed by atoms with E-state index >= 15 is 0 Å². The van der Waals surface area contributed by atoms with Crippen molar-refractivity contribution >= 4 is 17.8 Å². The first-order valence-corrected chi connectivity index (χ1v) is 7.70. The van der Waals surface area contributed by atoms with Crippen molar-refractivity contribution in [3.05, 3.63) is 0 Å². The van der Waals surface area contributed by atoms with Crippen molar-refractivity contribution in [1.29, 1.82) is 0 Å². The van der Waals surface area contributed by atoms with Crippen molar-refractivity contribution in [2.24, 2.45) is 17.8 Å². The van der Waals surface area contributed by atoms with Crippen LogP contribution in [-0.4, -0.2) is 72.6 Å². The Morgan fingerprint density at radius 2 is 2.00 bits per heavy atom. The lowest BCUT2D eigenvalue weighted by atomic mass is 9.89. The van der Waals surface area contributed by atoms with E-state index in [0.29, 0.717) is 32.7 Å². The number of carboxylic acid groups (broad SMARTS) is 1. The summed E-state index contributed by atoms with van der Waals surface area (Å²) in [5, 5.41) is 9.19. The molecule has 7 nitrogen and oxygen atoms in total. The quantitative estimate of drug-likeness (QED) is 0.775. The highest BCUT2D eigenvalue weighted by Crippen LogP contribution is 2.26. The second-order valence-corrected chi connectivity index (χ2v) is 6.35. The van der Waals surface area contributed by atoms with E-state index < -0.39 is 11.9 Å². The molecule has 22 heavy (non-hydrogen) atoms. The van der Waals surface area contributed by atoms with Gasteiger partial charge in [0.15, 0.2) is 0 Å². The number of nitrogens with zero attached hydrogens (tertiary/aromatic N) is 2. The number of piperidine rings is 1. The summed E-state index contributed by atoms with van der Waals surface area (Å²) in [5.74, 6) is -1.67. The molecule has 2 rings (SSSR count). The van der Waals surface area contributed by atoms with E-state index in [1.165, 1.54) is 0 Å². The van der Waals surface area contributed by atoms with E-state index in [2.05, 4.69) is 0 Å². The minimum Gasteiger partial charge on any atom is -0.481 e. The van der Waals surface area contributed by atoms with E-state index in [4.69, 9.17) is 4.74 Å². The number of hydrogen-bond donors (Lipinski definition) is 1. The molecule has 2 aliphatic heterocycles. The van der Waals surface area contributed by atoms with Crippen LogP contribution < -0.4 is 0 Å². The van der Waals surface area contributed by atoms with Crippen molar-refractivity contribution in [3.8, 4) is 0 Å². The Kier molecular flexibility index (Phi) is 5.39. The number of likely N-dealkylation sites (tertiary alicyclic amines) is 2. The van der Waals surface area contributed by atoms with Gasteiger partial charge < -0.3 is 19.6 Å². The van der Waals surface area contributed by atoms with Crippen molar-refractivity contribution in [2.75, 3.05) is 39.9 Å². The minimum absolute atomic E-state index is 0.0322. The van der Waals surface area contributed by atoms with Gasteiger partial charge in [0, 0.05) is 39.7 Å². The maximum atomic E-state index is 12.6. The third kappa shape index (κ3) is 3.76. The molecule has 3 atom stereocenters. The molecule has 2 amide bonds. The summed E-state index contributed by atoms with van der Waals surface area (Å²) in [4.78, 5) is 39.0. The molecule has 0 radical (unpaired) electrons. The highest BCUT2D eigenvalue weighted by molar-refractivity contribution is 5.89. The van der Waals surface area contributed by atoms with Gasteiger partial charge in [-0.25, -0.2) is 0 Å². The van der Waals surface area contributed by atoms with Crippen LogP contribution in [0.5, 0.6) is 0 Å². The van der Waals surface area contributed by atoms with Crippen molar-refractivity contribution in [2.45, 2.75) is 19.8 Å². The molecule has 0 aromatic carbocycles. The smallest absolute Gasteiger partial charge is 0.308 e. The van der Waals surface area contributed by atoms with Gasteiger partial charge in [0.1, 0.15) is 0 Å². The largest absolute Gasteiger partial charge is 0.481 e. The molecule has 0 aromatic heterocycles. The molecule has 7 heteroatoms. The Morgan fingerprint density at radius 1 is 1.27 bits per heavy atom. The summed E-state index contributed by atoms with van der Waals surface area (Å²) in [6, 6.07) is 0. The number of methoxy groups -OCH3 is 1. The number of amides is 2. The van der Waals surface area contributed by atoms with E-state index in [9.17, 15) is 19.5 Å². The lowest BCUT2D eigenvalue weighted by Gasteiger charge is -2.36. The maximum Gasteiger partial charge on any atom is 0.308 e. The van der Waals surface area contributed by atoms with Gasteiger partial charge in [0.25, 0.3) is 0 Å². The van der Waals surface area contributed by atoms with Crippen LogP contribution in [0, 0.1) is 17.8 Å². The van der Waals surface area contributed by atoms with E-state index in [1.807, 2.05) is 6.92 Å². The molecule has 2 fully saturated rings. The third-order valence-corrected chi connectivity index (χ3v) is 4.45. The normalized spacial score (nSPS) is 29.0. The summed E-state index contributed by atoms with van der Waals surface area (Å²) in [6.07, 6.45) is 0.813. The van der Waals surface area contributed by atoms with Gasteiger partial charge in [0.05, 0.1) is 18.4 Å². The molecule has 0 spiro atoms. The van der Waals surface area contributed by atoms with Crippen molar-refractivity contribution in [1.82, 2.24) is 9.80 Å². The monoisotopic (exact) mass is 312 g/mol. The molecule has 0 aromatic rings. The molecule has 0 bridgehead atoms. The van der Waals surface area contributed by atoms with Crippen LogP contribution in [0.2, 0.25) is 0 Å². The maximum absolute atomic E-state index is 12.6. The van der Waals surface area contributed by atoms with Crippen LogP contribution >= 0.6 is 0 Å². The van der Waals surface area contributed by atoms with Gasteiger partial charge in [-0.05, 0) is 12.3 Å². The molecule has 124 valence electrons. The highest BCUT2D eigenvalue weighted by atomic mass is 16.5.